The number of benzene rings is 1. The first-order chi connectivity index (χ1) is 14.0. The molecule has 1 aromatic rings. The van der Waals surface area contributed by atoms with Crippen molar-refractivity contribution >= 4 is 5.97 Å². The Labute approximate surface area is 181 Å². The molecule has 0 aliphatic carbocycles. The van der Waals surface area contributed by atoms with E-state index in [1.54, 1.807) is 7.11 Å². The molecule has 6 heteroatoms. The Kier molecular flexibility index (Phi) is 10.8. The maximum Gasteiger partial charge on any atom is 0.306 e. The van der Waals surface area contributed by atoms with Crippen LogP contribution < -0.4 is 0 Å². The fourth-order valence-electron chi connectivity index (χ4n) is 2.98. The second kappa shape index (κ2) is 12.3. The lowest BCUT2D eigenvalue weighted by Crippen LogP contribution is -2.18. The van der Waals surface area contributed by atoms with Crippen LogP contribution in [0.3, 0.4) is 0 Å². The lowest BCUT2D eigenvalue weighted by atomic mass is 9.78. The highest BCUT2D eigenvalue weighted by atomic mass is 16.6. The summed E-state index contributed by atoms with van der Waals surface area (Å²) < 4.78 is 20.8. The van der Waals surface area contributed by atoms with Crippen LogP contribution in [0, 0.1) is 0 Å². The highest BCUT2D eigenvalue weighted by molar-refractivity contribution is 5.69. The van der Waals surface area contributed by atoms with Gasteiger partial charge in [-0.2, -0.15) is 0 Å². The molecule has 0 aromatic heterocycles. The summed E-state index contributed by atoms with van der Waals surface area (Å²) in [6, 6.07) is 4.01. The molecular weight excluding hydrogens is 384 g/mol. The zero-order valence-electron chi connectivity index (χ0n) is 19.8. The zero-order chi connectivity index (χ0) is 22.8. The first kappa shape index (κ1) is 26.4. The second-order valence-electron chi connectivity index (χ2n) is 9.48. The average molecular weight is 425 g/mol. The van der Waals surface area contributed by atoms with Gasteiger partial charge in [-0.05, 0) is 33.9 Å². The van der Waals surface area contributed by atoms with Gasteiger partial charge in [-0.15, -0.1) is 0 Å². The molecule has 0 aliphatic rings. The molecule has 0 aliphatic heterocycles. The smallest absolute Gasteiger partial charge is 0.306 e. The molecule has 1 rings (SSSR count). The molecule has 0 radical (unpaired) electrons. The Morgan fingerprint density at radius 2 is 1.30 bits per heavy atom. The van der Waals surface area contributed by atoms with Crippen molar-refractivity contribution < 1.29 is 28.8 Å². The largest absolute Gasteiger partial charge is 0.507 e. The monoisotopic (exact) mass is 424 g/mol. The van der Waals surface area contributed by atoms with Crippen molar-refractivity contribution in [3.05, 3.63) is 28.8 Å². The molecule has 0 unspecified atom stereocenters. The van der Waals surface area contributed by atoms with Crippen LogP contribution in [0.15, 0.2) is 12.1 Å². The van der Waals surface area contributed by atoms with Gasteiger partial charge in [-0.25, -0.2) is 0 Å². The quantitative estimate of drug-likeness (QED) is 0.401. The third kappa shape index (κ3) is 9.45. The summed E-state index contributed by atoms with van der Waals surface area (Å²) in [7, 11) is 1.63. The molecule has 0 bridgehead atoms. The molecule has 0 saturated heterocycles. The standard InChI is InChI=1S/C24H40O6/c1-23(2,3)19-16-18(17-20(22(19)26)24(4,5)6)8-9-21(25)30-15-14-29-13-12-28-11-10-27-7/h16-17,26H,8-15H2,1-7H3. The minimum absolute atomic E-state index is 0.189. The van der Waals surface area contributed by atoms with E-state index >= 15 is 0 Å². The van der Waals surface area contributed by atoms with E-state index in [2.05, 4.69) is 41.5 Å². The minimum atomic E-state index is -0.252. The summed E-state index contributed by atoms with van der Waals surface area (Å²) in [5, 5.41) is 10.8. The van der Waals surface area contributed by atoms with Gasteiger partial charge in [0.1, 0.15) is 12.4 Å². The van der Waals surface area contributed by atoms with E-state index < -0.39 is 0 Å². The maximum absolute atomic E-state index is 12.1. The average Bonchev–Trinajstić information content (AvgIpc) is 2.64. The maximum atomic E-state index is 12.1. The number of ether oxygens (including phenoxy) is 4. The van der Waals surface area contributed by atoms with Gasteiger partial charge in [0.15, 0.2) is 0 Å². The van der Waals surface area contributed by atoms with Gasteiger partial charge in [0.05, 0.1) is 33.0 Å². The number of aromatic hydroxyl groups is 1. The van der Waals surface area contributed by atoms with E-state index in [0.717, 1.165) is 16.7 Å². The predicted molar refractivity (Wildman–Crippen MR) is 118 cm³/mol. The number of carbonyl (C=O) groups is 1. The lowest BCUT2D eigenvalue weighted by molar-refractivity contribution is -0.145. The van der Waals surface area contributed by atoms with Crippen LogP contribution in [-0.4, -0.2) is 57.8 Å². The van der Waals surface area contributed by atoms with Crippen LogP contribution >= 0.6 is 0 Å². The Balaban J connectivity index is 2.51. The first-order valence-electron chi connectivity index (χ1n) is 10.6. The molecule has 0 heterocycles. The van der Waals surface area contributed by atoms with Crippen LogP contribution in [0.5, 0.6) is 5.75 Å². The van der Waals surface area contributed by atoms with E-state index in [4.69, 9.17) is 18.9 Å². The van der Waals surface area contributed by atoms with Crippen molar-refractivity contribution in [3.63, 3.8) is 0 Å². The SMILES string of the molecule is COCCOCCOCCOC(=O)CCc1cc(C(C)(C)C)c(O)c(C(C)(C)C)c1. The normalized spacial score (nSPS) is 12.2. The zero-order valence-corrected chi connectivity index (χ0v) is 19.8. The topological polar surface area (TPSA) is 74.2 Å². The molecule has 30 heavy (non-hydrogen) atoms. The molecule has 0 amide bonds. The van der Waals surface area contributed by atoms with Gasteiger partial charge >= 0.3 is 5.97 Å². The van der Waals surface area contributed by atoms with E-state index in [9.17, 15) is 9.90 Å². The van der Waals surface area contributed by atoms with Crippen molar-refractivity contribution in [2.24, 2.45) is 0 Å². The van der Waals surface area contributed by atoms with E-state index in [0.29, 0.717) is 45.2 Å². The molecule has 172 valence electrons. The molecule has 1 N–H and O–H groups in total. The summed E-state index contributed by atoms with van der Waals surface area (Å²) in [5.41, 5.74) is 2.46. The van der Waals surface area contributed by atoms with Crippen LogP contribution in [0.25, 0.3) is 0 Å². The molecule has 0 atom stereocenters. The number of carbonyl (C=O) groups excluding carboxylic acids is 1. The number of esters is 1. The predicted octanol–water partition coefficient (Wildman–Crippen LogP) is 4.14. The van der Waals surface area contributed by atoms with Crippen molar-refractivity contribution in [1.29, 1.82) is 0 Å². The number of phenols is 1. The molecule has 0 saturated carbocycles. The summed E-state index contributed by atoms with van der Waals surface area (Å²) >= 11 is 0. The number of phenolic OH excluding ortho intramolecular Hbond substituents is 1. The third-order valence-electron chi connectivity index (χ3n) is 4.70. The number of aryl methyl sites for hydroxylation is 1. The number of hydrogen-bond acceptors (Lipinski definition) is 6. The van der Waals surface area contributed by atoms with Crippen molar-refractivity contribution in [2.75, 3.05) is 46.8 Å². The second-order valence-corrected chi connectivity index (χ2v) is 9.48. The Hall–Kier alpha value is -1.63. The molecule has 6 nitrogen and oxygen atoms in total. The van der Waals surface area contributed by atoms with Crippen molar-refractivity contribution in [2.45, 2.75) is 65.2 Å². The molecule has 0 spiro atoms. The summed E-state index contributed by atoms with van der Waals surface area (Å²) in [5.74, 6) is 0.0994. The van der Waals surface area contributed by atoms with Gasteiger partial charge in [-0.1, -0.05) is 53.7 Å². The van der Waals surface area contributed by atoms with Crippen LogP contribution in [0.4, 0.5) is 0 Å². The highest BCUT2D eigenvalue weighted by Gasteiger charge is 2.26. The Morgan fingerprint density at radius 1 is 0.833 bits per heavy atom. The van der Waals surface area contributed by atoms with Crippen molar-refractivity contribution in [3.8, 4) is 5.75 Å². The molecule has 1 aromatic carbocycles. The lowest BCUT2D eigenvalue weighted by Gasteiger charge is -2.28. The third-order valence-corrected chi connectivity index (χ3v) is 4.70. The number of hydrogen-bond donors (Lipinski definition) is 1. The van der Waals surface area contributed by atoms with E-state index in [-0.39, 0.29) is 29.8 Å². The van der Waals surface area contributed by atoms with Crippen LogP contribution in [0.1, 0.15) is 64.7 Å². The number of rotatable bonds is 12. The van der Waals surface area contributed by atoms with Gasteiger partial charge in [-0.3, -0.25) is 4.79 Å². The fraction of sp³-hybridized carbons (Fsp3) is 0.708. The van der Waals surface area contributed by atoms with Gasteiger partial charge in [0.2, 0.25) is 0 Å². The van der Waals surface area contributed by atoms with Gasteiger partial charge < -0.3 is 24.1 Å². The summed E-state index contributed by atoms with van der Waals surface area (Å²) in [6.45, 7) is 15.1. The van der Waals surface area contributed by atoms with E-state index in [1.165, 1.54) is 0 Å². The van der Waals surface area contributed by atoms with E-state index in [1.807, 2.05) is 12.1 Å². The van der Waals surface area contributed by atoms with Gasteiger partial charge in [0.25, 0.3) is 0 Å². The molecule has 0 fully saturated rings. The minimum Gasteiger partial charge on any atom is -0.507 e. The number of methoxy groups -OCH3 is 1. The Bertz CT molecular complexity index is 620. The fourth-order valence-corrected chi connectivity index (χ4v) is 2.98. The summed E-state index contributed by atoms with van der Waals surface area (Å²) in [4.78, 5) is 12.1. The summed E-state index contributed by atoms with van der Waals surface area (Å²) in [6.07, 6.45) is 0.859. The van der Waals surface area contributed by atoms with Crippen LogP contribution in [0.2, 0.25) is 0 Å². The van der Waals surface area contributed by atoms with Crippen LogP contribution in [-0.2, 0) is 41.0 Å². The van der Waals surface area contributed by atoms with Crippen molar-refractivity contribution in [1.82, 2.24) is 0 Å². The van der Waals surface area contributed by atoms with Gasteiger partial charge in [0, 0.05) is 13.5 Å². The highest BCUT2D eigenvalue weighted by Crippen LogP contribution is 2.39. The first-order valence-corrected chi connectivity index (χ1v) is 10.6. The molecular formula is C24H40O6. The Morgan fingerprint density at radius 3 is 1.77 bits per heavy atom.